The van der Waals surface area contributed by atoms with Gasteiger partial charge in [-0.2, -0.15) is 0 Å². The van der Waals surface area contributed by atoms with E-state index in [-0.39, 0.29) is 5.41 Å². The van der Waals surface area contributed by atoms with Crippen LogP contribution in [0.15, 0.2) is 58.8 Å². The van der Waals surface area contributed by atoms with Crippen LogP contribution < -0.4 is 19.8 Å². The Morgan fingerprint density at radius 1 is 1.16 bits per heavy atom. The standard InChI is InChI=1S/C23H22ClN5O2S/c1-30-16-7-8-17(31-2)18(11-16)32-22-27-19-20(25)26-13-29(21(19)28-22)12-23(9-10-23)14-3-5-15(24)6-4-14/h3-8,11,13H,9-10,12H2,1-2H3,(H2,25,27,28)/p+1. The molecule has 0 aliphatic heterocycles. The monoisotopic (exact) mass is 468 g/mol. The second kappa shape index (κ2) is 8.18. The number of ether oxygens (including phenoxy) is 2. The highest BCUT2D eigenvalue weighted by molar-refractivity contribution is 7.99. The molecule has 9 heteroatoms. The van der Waals surface area contributed by atoms with E-state index in [2.05, 4.69) is 26.7 Å². The van der Waals surface area contributed by atoms with E-state index in [9.17, 15) is 0 Å². The van der Waals surface area contributed by atoms with Crippen molar-refractivity contribution >= 4 is 40.3 Å². The van der Waals surface area contributed by atoms with E-state index in [1.807, 2.05) is 30.3 Å². The van der Waals surface area contributed by atoms with E-state index in [1.165, 1.54) is 17.3 Å². The number of H-pyrrole nitrogens is 1. The van der Waals surface area contributed by atoms with Gasteiger partial charge in [0.2, 0.25) is 17.3 Å². The summed E-state index contributed by atoms with van der Waals surface area (Å²) in [6.07, 6.45) is 4.00. The van der Waals surface area contributed by atoms with Crippen LogP contribution in [-0.2, 0) is 12.0 Å². The summed E-state index contributed by atoms with van der Waals surface area (Å²) in [6, 6.07) is 13.8. The Bertz CT molecular complexity index is 1290. The second-order valence-corrected chi connectivity index (χ2v) is 9.37. The van der Waals surface area contributed by atoms with Crippen LogP contribution in [0, 0.1) is 0 Å². The van der Waals surface area contributed by atoms with E-state index in [0.717, 1.165) is 52.0 Å². The number of benzene rings is 2. The predicted molar refractivity (Wildman–Crippen MR) is 125 cm³/mol. The Morgan fingerprint density at radius 3 is 2.62 bits per heavy atom. The van der Waals surface area contributed by atoms with E-state index < -0.39 is 0 Å². The molecule has 0 bridgehead atoms. The Balaban J connectivity index is 1.49. The highest BCUT2D eigenvalue weighted by Gasteiger charge is 2.46. The van der Waals surface area contributed by atoms with Gasteiger partial charge in [0.1, 0.15) is 11.5 Å². The Morgan fingerprint density at radius 2 is 1.94 bits per heavy atom. The lowest BCUT2D eigenvalue weighted by Crippen LogP contribution is -2.41. The maximum atomic E-state index is 6.18. The molecule has 0 unspecified atom stereocenters. The molecule has 1 aliphatic carbocycles. The summed E-state index contributed by atoms with van der Waals surface area (Å²) in [5.41, 5.74) is 9.04. The number of nitrogens with two attached hydrogens (primary N) is 1. The molecule has 5 rings (SSSR count). The first kappa shape index (κ1) is 20.9. The van der Waals surface area contributed by atoms with Gasteiger partial charge in [-0.25, -0.2) is 4.57 Å². The molecule has 2 aromatic heterocycles. The summed E-state index contributed by atoms with van der Waals surface area (Å²) < 4.78 is 12.9. The number of nitrogens with zero attached hydrogens (tertiary/aromatic N) is 3. The second-order valence-electron chi connectivity index (χ2n) is 7.90. The largest absolute Gasteiger partial charge is 0.497 e. The van der Waals surface area contributed by atoms with Gasteiger partial charge in [0.05, 0.1) is 25.7 Å². The molecule has 0 spiro atoms. The predicted octanol–water partition coefficient (Wildman–Crippen LogP) is 4.38. The molecule has 2 heterocycles. The summed E-state index contributed by atoms with van der Waals surface area (Å²) in [5, 5.41) is 1.45. The molecule has 2 aromatic carbocycles. The minimum absolute atomic E-state index is 0.0717. The van der Waals surface area contributed by atoms with Crippen LogP contribution in [0.2, 0.25) is 5.02 Å². The van der Waals surface area contributed by atoms with E-state index in [1.54, 1.807) is 20.5 Å². The van der Waals surface area contributed by atoms with Gasteiger partial charge in [-0.3, -0.25) is 0 Å². The first-order chi connectivity index (χ1) is 15.5. The molecule has 1 saturated carbocycles. The molecular weight excluding hydrogens is 446 g/mol. The van der Waals surface area contributed by atoms with Crippen molar-refractivity contribution in [1.29, 1.82) is 0 Å². The number of methoxy groups -OCH3 is 2. The zero-order valence-electron chi connectivity index (χ0n) is 17.8. The number of aromatic nitrogens is 4. The zero-order valence-corrected chi connectivity index (χ0v) is 19.3. The molecule has 0 atom stereocenters. The number of nitrogens with one attached hydrogen (secondary N) is 1. The molecular formula is C23H23ClN5O2S+. The Labute approximate surface area is 194 Å². The number of halogens is 1. The van der Waals surface area contributed by atoms with Crippen molar-refractivity contribution < 1.29 is 14.0 Å². The first-order valence-corrected chi connectivity index (χ1v) is 11.4. The van der Waals surface area contributed by atoms with Gasteiger partial charge >= 0.3 is 0 Å². The third kappa shape index (κ3) is 3.84. The fraction of sp³-hybridized carbons (Fsp3) is 0.261. The van der Waals surface area contributed by atoms with Crippen LogP contribution in [0.1, 0.15) is 18.4 Å². The van der Waals surface area contributed by atoms with Gasteiger partial charge in [-0.1, -0.05) is 33.7 Å². The smallest absolute Gasteiger partial charge is 0.294 e. The van der Waals surface area contributed by atoms with Gasteiger partial charge in [0, 0.05) is 10.4 Å². The van der Waals surface area contributed by atoms with Crippen molar-refractivity contribution in [2.75, 3.05) is 20.0 Å². The molecule has 1 aliphatic rings. The summed E-state index contributed by atoms with van der Waals surface area (Å²) in [6.45, 7) is 0.774. The lowest BCUT2D eigenvalue weighted by atomic mass is 9.96. The minimum Gasteiger partial charge on any atom is -0.497 e. The molecule has 0 saturated heterocycles. The number of nitrogen functional groups attached to an aromatic ring is 1. The fourth-order valence-electron chi connectivity index (χ4n) is 3.93. The lowest BCUT2D eigenvalue weighted by molar-refractivity contribution is -0.681. The Hall–Kier alpha value is -2.97. The minimum atomic E-state index is 0.0717. The first-order valence-electron chi connectivity index (χ1n) is 10.2. The summed E-state index contributed by atoms with van der Waals surface area (Å²) in [5.74, 6) is 1.92. The van der Waals surface area contributed by atoms with Gasteiger partial charge in [0.15, 0.2) is 5.52 Å². The number of anilines is 1. The summed E-state index contributed by atoms with van der Waals surface area (Å²) >= 11 is 7.55. The van der Waals surface area contributed by atoms with Crippen molar-refractivity contribution in [2.24, 2.45) is 0 Å². The molecule has 7 nitrogen and oxygen atoms in total. The quantitative estimate of drug-likeness (QED) is 0.391. The number of hydrogen-bond donors (Lipinski definition) is 2. The van der Waals surface area contributed by atoms with Crippen LogP contribution in [0.5, 0.6) is 11.5 Å². The third-order valence-electron chi connectivity index (χ3n) is 5.89. The number of fused-ring (bicyclic) bond motifs is 1. The van der Waals surface area contributed by atoms with Crippen molar-refractivity contribution in [3.05, 3.63) is 59.4 Å². The fourth-order valence-corrected chi connectivity index (χ4v) is 4.98. The normalized spacial score (nSPS) is 14.5. The maximum Gasteiger partial charge on any atom is 0.294 e. The number of imidazole rings is 1. The summed E-state index contributed by atoms with van der Waals surface area (Å²) in [4.78, 5) is 13.5. The van der Waals surface area contributed by atoms with Crippen LogP contribution in [-0.4, -0.2) is 29.2 Å². The van der Waals surface area contributed by atoms with Gasteiger partial charge in [-0.05, 0) is 60.5 Å². The highest BCUT2D eigenvalue weighted by atomic mass is 35.5. The lowest BCUT2D eigenvalue weighted by Gasteiger charge is -2.15. The molecule has 164 valence electrons. The molecule has 1 fully saturated rings. The van der Waals surface area contributed by atoms with Crippen molar-refractivity contribution in [2.45, 2.75) is 34.9 Å². The van der Waals surface area contributed by atoms with E-state index >= 15 is 0 Å². The van der Waals surface area contributed by atoms with Crippen molar-refractivity contribution in [3.8, 4) is 11.5 Å². The molecule has 32 heavy (non-hydrogen) atoms. The van der Waals surface area contributed by atoms with Gasteiger partial charge in [0.25, 0.3) is 5.65 Å². The highest BCUT2D eigenvalue weighted by Crippen LogP contribution is 2.49. The zero-order chi connectivity index (χ0) is 22.3. The topological polar surface area (TPSA) is 89.9 Å². The molecule has 3 N–H and O–H groups in total. The van der Waals surface area contributed by atoms with E-state index in [0.29, 0.717) is 11.0 Å². The molecule has 4 aromatic rings. The average Bonchev–Trinajstić information content (AvgIpc) is 3.46. The van der Waals surface area contributed by atoms with Gasteiger partial charge in [-0.15, -0.1) is 0 Å². The molecule has 0 radical (unpaired) electrons. The van der Waals surface area contributed by atoms with Crippen LogP contribution >= 0.6 is 23.4 Å². The number of aromatic amines is 1. The average molecular weight is 469 g/mol. The number of hydrogen-bond acceptors (Lipinski definition) is 6. The van der Waals surface area contributed by atoms with Crippen molar-refractivity contribution in [3.63, 3.8) is 0 Å². The number of rotatable bonds is 7. The Kier molecular flexibility index (Phi) is 5.35. The third-order valence-corrected chi connectivity index (χ3v) is 7.07. The SMILES string of the molecule is COc1ccc(OC)c(Sc2nc3c([nH]2)c(N)nc[n+]3CC2(c3ccc(Cl)cc3)CC2)c1. The summed E-state index contributed by atoms with van der Waals surface area (Å²) in [7, 11) is 3.29. The van der Waals surface area contributed by atoms with E-state index in [4.69, 9.17) is 31.8 Å². The maximum absolute atomic E-state index is 6.18. The van der Waals surface area contributed by atoms with Crippen LogP contribution in [0.25, 0.3) is 11.2 Å². The van der Waals surface area contributed by atoms with Gasteiger partial charge < -0.3 is 20.2 Å². The molecule has 0 amide bonds. The van der Waals surface area contributed by atoms with Crippen LogP contribution in [0.4, 0.5) is 5.82 Å². The van der Waals surface area contributed by atoms with Crippen molar-refractivity contribution in [1.82, 2.24) is 15.0 Å². The van der Waals surface area contributed by atoms with Crippen LogP contribution in [0.3, 0.4) is 0 Å².